The molecule has 3 nitrogen and oxygen atoms in total. The predicted molar refractivity (Wildman–Crippen MR) is 89.2 cm³/mol. The number of nitrogens with zero attached hydrogens (tertiary/aromatic N) is 1. The van der Waals surface area contributed by atoms with Crippen LogP contribution in [0.3, 0.4) is 0 Å². The van der Waals surface area contributed by atoms with Gasteiger partial charge < -0.3 is 10.3 Å². The molecule has 100 valence electrons. The molecule has 1 aromatic heterocycles. The van der Waals surface area contributed by atoms with Crippen molar-refractivity contribution in [3.8, 4) is 22.5 Å². The van der Waals surface area contributed by atoms with Gasteiger partial charge in [0.05, 0.1) is 5.56 Å². The first-order valence-electron chi connectivity index (χ1n) is 6.23. The molecule has 0 aliphatic heterocycles. The second kappa shape index (κ2) is 5.28. The van der Waals surface area contributed by atoms with Crippen molar-refractivity contribution < 1.29 is 4.52 Å². The van der Waals surface area contributed by atoms with Crippen LogP contribution in [0, 0.1) is 10.5 Å². The number of rotatable bonds is 2. The number of anilines is 1. The van der Waals surface area contributed by atoms with Crippen molar-refractivity contribution in [3.05, 3.63) is 57.7 Å². The summed E-state index contributed by atoms with van der Waals surface area (Å²) in [6.07, 6.45) is 0. The van der Waals surface area contributed by atoms with Crippen molar-refractivity contribution in [1.82, 2.24) is 5.16 Å². The van der Waals surface area contributed by atoms with Crippen LogP contribution in [0.25, 0.3) is 22.5 Å². The molecule has 0 spiro atoms. The number of nitrogens with two attached hydrogens (primary N) is 1. The number of nitrogen functional groups attached to an aromatic ring is 1. The molecule has 0 saturated heterocycles. The fraction of sp³-hybridized carbons (Fsp3) is 0.0625. The van der Waals surface area contributed by atoms with E-state index in [1.807, 2.05) is 30.3 Å². The van der Waals surface area contributed by atoms with Crippen molar-refractivity contribution in [2.45, 2.75) is 6.92 Å². The summed E-state index contributed by atoms with van der Waals surface area (Å²) in [5, 5.41) is 3.92. The number of benzene rings is 2. The quantitative estimate of drug-likeness (QED) is 0.670. The SMILES string of the molecule is Cc1ccc(-c2c(N)noc2-c2cccc(I)c2)cc1. The first-order chi connectivity index (χ1) is 9.65. The zero-order valence-electron chi connectivity index (χ0n) is 10.9. The molecule has 0 amide bonds. The van der Waals surface area contributed by atoms with Crippen LogP contribution in [0.15, 0.2) is 53.1 Å². The Morgan fingerprint density at radius 2 is 1.80 bits per heavy atom. The van der Waals surface area contributed by atoms with Gasteiger partial charge in [0.25, 0.3) is 0 Å². The van der Waals surface area contributed by atoms with E-state index in [0.29, 0.717) is 11.6 Å². The molecular formula is C16H13IN2O. The molecule has 2 N–H and O–H groups in total. The monoisotopic (exact) mass is 376 g/mol. The van der Waals surface area contributed by atoms with Crippen LogP contribution in [-0.4, -0.2) is 5.16 Å². The van der Waals surface area contributed by atoms with Crippen LogP contribution >= 0.6 is 22.6 Å². The maximum absolute atomic E-state index is 5.98. The molecule has 0 unspecified atom stereocenters. The molecule has 3 rings (SSSR count). The number of hydrogen-bond donors (Lipinski definition) is 1. The second-order valence-corrected chi connectivity index (χ2v) is 5.89. The van der Waals surface area contributed by atoms with Crippen molar-refractivity contribution in [1.29, 1.82) is 0 Å². The molecule has 2 aromatic carbocycles. The normalized spacial score (nSPS) is 10.7. The van der Waals surface area contributed by atoms with Crippen LogP contribution in [-0.2, 0) is 0 Å². The summed E-state index contributed by atoms with van der Waals surface area (Å²) < 4.78 is 6.59. The van der Waals surface area contributed by atoms with Gasteiger partial charge in [-0.05, 0) is 47.2 Å². The van der Waals surface area contributed by atoms with Crippen molar-refractivity contribution >= 4 is 28.4 Å². The van der Waals surface area contributed by atoms with Crippen LogP contribution in [0.2, 0.25) is 0 Å². The molecule has 1 heterocycles. The molecule has 3 aromatic rings. The van der Waals surface area contributed by atoms with E-state index in [0.717, 1.165) is 20.3 Å². The van der Waals surface area contributed by atoms with Crippen LogP contribution in [0.1, 0.15) is 5.56 Å². The van der Waals surface area contributed by atoms with Gasteiger partial charge in [-0.25, -0.2) is 0 Å². The van der Waals surface area contributed by atoms with E-state index in [-0.39, 0.29) is 0 Å². The minimum absolute atomic E-state index is 0.419. The summed E-state index contributed by atoms with van der Waals surface area (Å²) in [6, 6.07) is 16.3. The van der Waals surface area contributed by atoms with Crippen molar-refractivity contribution in [2.24, 2.45) is 0 Å². The smallest absolute Gasteiger partial charge is 0.176 e. The van der Waals surface area contributed by atoms with E-state index in [1.165, 1.54) is 5.56 Å². The van der Waals surface area contributed by atoms with E-state index in [2.05, 4.69) is 52.9 Å². The summed E-state index contributed by atoms with van der Waals surface area (Å²) in [5.74, 6) is 1.13. The topological polar surface area (TPSA) is 52.0 Å². The number of hydrogen-bond acceptors (Lipinski definition) is 3. The van der Waals surface area contributed by atoms with Gasteiger partial charge in [-0.15, -0.1) is 0 Å². The molecule has 0 aliphatic carbocycles. The van der Waals surface area contributed by atoms with Crippen LogP contribution in [0.4, 0.5) is 5.82 Å². The van der Waals surface area contributed by atoms with E-state index in [9.17, 15) is 0 Å². The minimum Gasteiger partial charge on any atom is -0.380 e. The van der Waals surface area contributed by atoms with E-state index >= 15 is 0 Å². The molecule has 20 heavy (non-hydrogen) atoms. The molecule has 0 fully saturated rings. The molecular weight excluding hydrogens is 363 g/mol. The van der Waals surface area contributed by atoms with Crippen molar-refractivity contribution in [2.75, 3.05) is 5.73 Å². The number of aryl methyl sites for hydroxylation is 1. The maximum atomic E-state index is 5.98. The fourth-order valence-electron chi connectivity index (χ4n) is 2.13. The molecule has 0 radical (unpaired) electrons. The largest absolute Gasteiger partial charge is 0.380 e. The lowest BCUT2D eigenvalue weighted by Gasteiger charge is -2.04. The first kappa shape index (κ1) is 13.2. The molecule has 0 saturated carbocycles. The molecule has 0 bridgehead atoms. The Hall–Kier alpha value is -1.82. The lowest BCUT2D eigenvalue weighted by atomic mass is 10.0. The zero-order valence-corrected chi connectivity index (χ0v) is 13.1. The van der Waals surface area contributed by atoms with E-state index in [4.69, 9.17) is 10.3 Å². The summed E-state index contributed by atoms with van der Waals surface area (Å²) >= 11 is 2.28. The highest BCUT2D eigenvalue weighted by Crippen LogP contribution is 2.36. The second-order valence-electron chi connectivity index (χ2n) is 4.65. The van der Waals surface area contributed by atoms with Gasteiger partial charge in [0.2, 0.25) is 0 Å². The Kier molecular flexibility index (Phi) is 3.48. The summed E-state index contributed by atoms with van der Waals surface area (Å²) in [4.78, 5) is 0. The third-order valence-electron chi connectivity index (χ3n) is 3.15. The number of aromatic nitrogens is 1. The Balaban J connectivity index is 2.17. The highest BCUT2D eigenvalue weighted by molar-refractivity contribution is 14.1. The Morgan fingerprint density at radius 3 is 2.50 bits per heavy atom. The van der Waals surface area contributed by atoms with Gasteiger partial charge in [-0.3, -0.25) is 0 Å². The highest BCUT2D eigenvalue weighted by atomic mass is 127. The Labute approximate surface area is 130 Å². The third kappa shape index (κ3) is 2.43. The maximum Gasteiger partial charge on any atom is 0.176 e. The lowest BCUT2D eigenvalue weighted by molar-refractivity contribution is 0.436. The number of halogens is 1. The molecule has 0 atom stereocenters. The van der Waals surface area contributed by atoms with Crippen molar-refractivity contribution in [3.63, 3.8) is 0 Å². The fourth-order valence-corrected chi connectivity index (χ4v) is 2.67. The van der Waals surface area contributed by atoms with E-state index in [1.54, 1.807) is 0 Å². The van der Waals surface area contributed by atoms with Gasteiger partial charge in [0, 0.05) is 9.13 Å². The van der Waals surface area contributed by atoms with Gasteiger partial charge in [0.15, 0.2) is 11.6 Å². The standard InChI is InChI=1S/C16H13IN2O/c1-10-5-7-11(8-6-10)14-15(20-19-16(14)18)12-3-2-4-13(17)9-12/h2-9H,1H3,(H2,18,19). The van der Waals surface area contributed by atoms with E-state index < -0.39 is 0 Å². The Morgan fingerprint density at radius 1 is 1.05 bits per heavy atom. The summed E-state index contributed by atoms with van der Waals surface area (Å²) in [7, 11) is 0. The zero-order chi connectivity index (χ0) is 14.1. The lowest BCUT2D eigenvalue weighted by Crippen LogP contribution is -1.89. The minimum atomic E-state index is 0.419. The highest BCUT2D eigenvalue weighted by Gasteiger charge is 2.17. The van der Waals surface area contributed by atoms with Gasteiger partial charge in [0.1, 0.15) is 0 Å². The Bertz CT molecular complexity index is 747. The summed E-state index contributed by atoms with van der Waals surface area (Å²) in [6.45, 7) is 2.06. The summed E-state index contributed by atoms with van der Waals surface area (Å²) in [5.41, 5.74) is 10.0. The predicted octanol–water partition coefficient (Wildman–Crippen LogP) is 4.50. The van der Waals surface area contributed by atoms with Gasteiger partial charge in [-0.1, -0.05) is 47.1 Å². The first-order valence-corrected chi connectivity index (χ1v) is 7.31. The van der Waals surface area contributed by atoms with Crippen LogP contribution < -0.4 is 5.73 Å². The van der Waals surface area contributed by atoms with Gasteiger partial charge in [-0.2, -0.15) is 0 Å². The van der Waals surface area contributed by atoms with Gasteiger partial charge >= 0.3 is 0 Å². The molecule has 4 heteroatoms. The average Bonchev–Trinajstić information content (AvgIpc) is 2.82. The molecule has 0 aliphatic rings. The third-order valence-corrected chi connectivity index (χ3v) is 3.82. The van der Waals surface area contributed by atoms with Crippen LogP contribution in [0.5, 0.6) is 0 Å². The average molecular weight is 376 g/mol.